The lowest BCUT2D eigenvalue weighted by atomic mass is 10.4. The molecule has 0 rings (SSSR count). The van der Waals surface area contributed by atoms with Gasteiger partial charge in [0.05, 0.1) is 13.2 Å². The van der Waals surface area contributed by atoms with Gasteiger partial charge in [-0.3, -0.25) is 4.79 Å². The standard InChI is InChI=1S/C11H22N2O4/c1-4-17-11(15)9-16-8-7-13(3)6-5-10(14)12-2/h4-9H2,1-3H3,(H,12,14). The van der Waals surface area contributed by atoms with Crippen LogP contribution in [-0.2, 0) is 19.1 Å². The lowest BCUT2D eigenvalue weighted by Gasteiger charge is -2.15. The average molecular weight is 246 g/mol. The number of carbonyl (C=O) groups excluding carboxylic acids is 2. The van der Waals surface area contributed by atoms with Crippen LogP contribution in [0.15, 0.2) is 0 Å². The third-order valence-corrected chi connectivity index (χ3v) is 2.14. The van der Waals surface area contributed by atoms with Gasteiger partial charge in [-0.05, 0) is 14.0 Å². The van der Waals surface area contributed by atoms with Crippen LogP contribution in [0.4, 0.5) is 0 Å². The molecule has 0 radical (unpaired) electrons. The summed E-state index contributed by atoms with van der Waals surface area (Å²) in [5.74, 6) is -0.329. The second kappa shape index (κ2) is 10.0. The number of amides is 1. The zero-order chi connectivity index (χ0) is 13.1. The fraction of sp³-hybridized carbons (Fsp3) is 0.818. The van der Waals surface area contributed by atoms with Crippen molar-refractivity contribution in [1.82, 2.24) is 10.2 Å². The zero-order valence-electron chi connectivity index (χ0n) is 10.8. The Labute approximate surface area is 102 Å². The Hall–Kier alpha value is -1.14. The molecule has 0 saturated heterocycles. The summed E-state index contributed by atoms with van der Waals surface area (Å²) in [6, 6.07) is 0. The van der Waals surface area contributed by atoms with Gasteiger partial charge in [-0.15, -0.1) is 0 Å². The predicted octanol–water partition coefficient (Wildman–Crippen LogP) is -0.366. The molecule has 0 atom stereocenters. The molecule has 0 heterocycles. The number of nitrogens with one attached hydrogen (secondary N) is 1. The molecule has 0 unspecified atom stereocenters. The molecule has 0 saturated carbocycles. The van der Waals surface area contributed by atoms with E-state index in [0.29, 0.717) is 32.7 Å². The molecule has 0 bridgehead atoms. The van der Waals surface area contributed by atoms with Gasteiger partial charge in [0, 0.05) is 26.6 Å². The van der Waals surface area contributed by atoms with E-state index in [1.807, 2.05) is 11.9 Å². The molecule has 6 nitrogen and oxygen atoms in total. The van der Waals surface area contributed by atoms with Gasteiger partial charge in [-0.2, -0.15) is 0 Å². The molecule has 0 aromatic rings. The molecule has 0 aliphatic carbocycles. The molecule has 0 spiro atoms. The average Bonchev–Trinajstić information content (AvgIpc) is 2.32. The maximum absolute atomic E-state index is 11.0. The number of carbonyl (C=O) groups is 2. The van der Waals surface area contributed by atoms with Gasteiger partial charge in [-0.25, -0.2) is 4.79 Å². The minimum absolute atomic E-state index is 0.0167. The molecule has 1 N–H and O–H groups in total. The van der Waals surface area contributed by atoms with Crippen LogP contribution in [0.5, 0.6) is 0 Å². The smallest absolute Gasteiger partial charge is 0.332 e. The minimum atomic E-state index is -0.347. The summed E-state index contributed by atoms with van der Waals surface area (Å²) in [6.45, 7) is 3.90. The monoisotopic (exact) mass is 246 g/mol. The molecular weight excluding hydrogens is 224 g/mol. The molecule has 17 heavy (non-hydrogen) atoms. The Bertz CT molecular complexity index is 234. The molecule has 0 aliphatic heterocycles. The van der Waals surface area contributed by atoms with Crippen molar-refractivity contribution in [2.75, 3.05) is 47.0 Å². The first-order valence-electron chi connectivity index (χ1n) is 5.72. The van der Waals surface area contributed by atoms with Crippen molar-refractivity contribution in [3.8, 4) is 0 Å². The largest absolute Gasteiger partial charge is 0.464 e. The summed E-state index contributed by atoms with van der Waals surface area (Å²) in [5, 5.41) is 2.56. The van der Waals surface area contributed by atoms with Crippen LogP contribution in [0.1, 0.15) is 13.3 Å². The van der Waals surface area contributed by atoms with Crippen molar-refractivity contribution in [1.29, 1.82) is 0 Å². The molecular formula is C11H22N2O4. The van der Waals surface area contributed by atoms with Gasteiger partial charge < -0.3 is 19.7 Å². The lowest BCUT2D eigenvalue weighted by Crippen LogP contribution is -2.29. The van der Waals surface area contributed by atoms with Crippen molar-refractivity contribution in [2.45, 2.75) is 13.3 Å². The van der Waals surface area contributed by atoms with E-state index in [4.69, 9.17) is 9.47 Å². The number of esters is 1. The second-order valence-electron chi connectivity index (χ2n) is 3.58. The fourth-order valence-electron chi connectivity index (χ4n) is 1.11. The van der Waals surface area contributed by atoms with Crippen LogP contribution in [-0.4, -0.2) is 63.8 Å². The normalized spacial score (nSPS) is 10.4. The first-order chi connectivity index (χ1) is 8.10. The predicted molar refractivity (Wildman–Crippen MR) is 63.6 cm³/mol. The SMILES string of the molecule is CCOC(=O)COCCN(C)CCC(=O)NC. The molecule has 0 fully saturated rings. The number of rotatable bonds is 9. The Morgan fingerprint density at radius 3 is 2.59 bits per heavy atom. The molecule has 1 amide bonds. The summed E-state index contributed by atoms with van der Waals surface area (Å²) >= 11 is 0. The first kappa shape index (κ1) is 15.9. The molecule has 100 valence electrons. The van der Waals surface area contributed by atoms with E-state index < -0.39 is 0 Å². The Morgan fingerprint density at radius 1 is 1.29 bits per heavy atom. The Morgan fingerprint density at radius 2 is 2.00 bits per heavy atom. The van der Waals surface area contributed by atoms with Gasteiger partial charge >= 0.3 is 5.97 Å². The lowest BCUT2D eigenvalue weighted by molar-refractivity contribution is -0.148. The summed E-state index contributed by atoms with van der Waals surface area (Å²) < 4.78 is 9.85. The highest BCUT2D eigenvalue weighted by molar-refractivity contribution is 5.75. The van der Waals surface area contributed by atoms with E-state index in [-0.39, 0.29) is 18.5 Å². The van der Waals surface area contributed by atoms with Crippen LogP contribution >= 0.6 is 0 Å². The van der Waals surface area contributed by atoms with Crippen molar-refractivity contribution in [3.05, 3.63) is 0 Å². The number of hydrogen-bond acceptors (Lipinski definition) is 5. The van der Waals surface area contributed by atoms with Gasteiger partial charge in [0.1, 0.15) is 6.61 Å². The quantitative estimate of drug-likeness (QED) is 0.444. The van der Waals surface area contributed by atoms with Crippen LogP contribution in [0.2, 0.25) is 0 Å². The van der Waals surface area contributed by atoms with E-state index in [1.54, 1.807) is 14.0 Å². The fourth-order valence-corrected chi connectivity index (χ4v) is 1.11. The number of hydrogen-bond donors (Lipinski definition) is 1. The van der Waals surface area contributed by atoms with Crippen LogP contribution in [0, 0.1) is 0 Å². The van der Waals surface area contributed by atoms with Crippen LogP contribution < -0.4 is 5.32 Å². The maximum Gasteiger partial charge on any atom is 0.332 e. The highest BCUT2D eigenvalue weighted by atomic mass is 16.6. The van der Waals surface area contributed by atoms with Crippen molar-refractivity contribution >= 4 is 11.9 Å². The van der Waals surface area contributed by atoms with E-state index in [9.17, 15) is 9.59 Å². The third kappa shape index (κ3) is 9.77. The van der Waals surface area contributed by atoms with Gasteiger partial charge in [0.2, 0.25) is 5.91 Å². The van der Waals surface area contributed by atoms with Crippen LogP contribution in [0.25, 0.3) is 0 Å². The molecule has 0 aromatic heterocycles. The second-order valence-corrected chi connectivity index (χ2v) is 3.58. The Balaban J connectivity index is 3.41. The number of ether oxygens (including phenoxy) is 2. The summed E-state index contributed by atoms with van der Waals surface area (Å²) in [7, 11) is 3.52. The van der Waals surface area contributed by atoms with Gasteiger partial charge in [-0.1, -0.05) is 0 Å². The summed E-state index contributed by atoms with van der Waals surface area (Å²) in [6.07, 6.45) is 0.463. The molecule has 6 heteroatoms. The zero-order valence-corrected chi connectivity index (χ0v) is 10.8. The van der Waals surface area contributed by atoms with E-state index in [1.165, 1.54) is 0 Å². The van der Waals surface area contributed by atoms with E-state index >= 15 is 0 Å². The first-order valence-corrected chi connectivity index (χ1v) is 5.72. The summed E-state index contributed by atoms with van der Waals surface area (Å²) in [4.78, 5) is 23.9. The third-order valence-electron chi connectivity index (χ3n) is 2.14. The van der Waals surface area contributed by atoms with Crippen molar-refractivity contribution < 1.29 is 19.1 Å². The molecule has 0 aromatic carbocycles. The number of likely N-dealkylation sites (N-methyl/N-ethyl adjacent to an activating group) is 1. The molecule has 0 aliphatic rings. The van der Waals surface area contributed by atoms with Crippen LogP contribution in [0.3, 0.4) is 0 Å². The van der Waals surface area contributed by atoms with Gasteiger partial charge in [0.15, 0.2) is 0 Å². The summed E-state index contributed by atoms with van der Waals surface area (Å²) in [5.41, 5.74) is 0. The number of nitrogens with zero attached hydrogens (tertiary/aromatic N) is 1. The maximum atomic E-state index is 11.0. The highest BCUT2D eigenvalue weighted by Crippen LogP contribution is 1.89. The minimum Gasteiger partial charge on any atom is -0.464 e. The van der Waals surface area contributed by atoms with E-state index in [2.05, 4.69) is 5.32 Å². The van der Waals surface area contributed by atoms with Crippen molar-refractivity contribution in [3.63, 3.8) is 0 Å². The topological polar surface area (TPSA) is 67.9 Å². The van der Waals surface area contributed by atoms with Gasteiger partial charge in [0.25, 0.3) is 0 Å². The highest BCUT2D eigenvalue weighted by Gasteiger charge is 2.04. The van der Waals surface area contributed by atoms with E-state index in [0.717, 1.165) is 0 Å². The Kier molecular flexibility index (Phi) is 9.37. The van der Waals surface area contributed by atoms with Crippen molar-refractivity contribution in [2.24, 2.45) is 0 Å².